The summed E-state index contributed by atoms with van der Waals surface area (Å²) in [5, 5.41) is 10.7. The maximum Gasteiger partial charge on any atom is 0.121 e. The van der Waals surface area contributed by atoms with Gasteiger partial charge in [-0.15, -0.1) is 11.8 Å². The summed E-state index contributed by atoms with van der Waals surface area (Å²) in [6.45, 7) is 0.224. The molecule has 1 unspecified atom stereocenters. The SMILES string of the molecule is Nc1cccc(OCC(O)CSc2ccncn2)c1. The van der Waals surface area contributed by atoms with Gasteiger partial charge in [-0.25, -0.2) is 9.97 Å². The molecule has 0 fully saturated rings. The molecule has 0 bridgehead atoms. The number of thioether (sulfide) groups is 1. The number of rotatable bonds is 6. The van der Waals surface area contributed by atoms with Gasteiger partial charge in [0.1, 0.15) is 18.7 Å². The summed E-state index contributed by atoms with van der Waals surface area (Å²) in [6, 6.07) is 8.93. The minimum Gasteiger partial charge on any atom is -0.491 e. The van der Waals surface area contributed by atoms with Crippen molar-refractivity contribution in [1.29, 1.82) is 0 Å². The number of nitrogen functional groups attached to an aromatic ring is 1. The van der Waals surface area contributed by atoms with E-state index in [0.29, 0.717) is 17.2 Å². The first-order chi connectivity index (χ1) is 9.24. The van der Waals surface area contributed by atoms with Crippen LogP contribution in [-0.4, -0.2) is 33.5 Å². The Morgan fingerprint density at radius 2 is 2.26 bits per heavy atom. The van der Waals surface area contributed by atoms with Crippen LogP contribution in [0.2, 0.25) is 0 Å². The molecule has 1 heterocycles. The lowest BCUT2D eigenvalue weighted by Crippen LogP contribution is -2.20. The van der Waals surface area contributed by atoms with E-state index in [0.717, 1.165) is 5.03 Å². The fourth-order valence-corrected chi connectivity index (χ4v) is 2.13. The van der Waals surface area contributed by atoms with Gasteiger partial charge in [0.25, 0.3) is 0 Å². The summed E-state index contributed by atoms with van der Waals surface area (Å²) in [5.41, 5.74) is 6.28. The van der Waals surface area contributed by atoms with Crippen molar-refractivity contribution in [1.82, 2.24) is 9.97 Å². The van der Waals surface area contributed by atoms with E-state index in [1.54, 1.807) is 30.5 Å². The molecule has 100 valence electrons. The van der Waals surface area contributed by atoms with Crippen LogP contribution in [0.5, 0.6) is 5.75 Å². The van der Waals surface area contributed by atoms with Gasteiger partial charge in [0, 0.05) is 23.7 Å². The number of aliphatic hydroxyl groups excluding tert-OH is 1. The van der Waals surface area contributed by atoms with Gasteiger partial charge in [-0.2, -0.15) is 0 Å². The van der Waals surface area contributed by atoms with Crippen LogP contribution in [0.15, 0.2) is 47.9 Å². The second-order valence-electron chi connectivity index (χ2n) is 3.90. The molecule has 0 spiro atoms. The van der Waals surface area contributed by atoms with Gasteiger partial charge in [0.05, 0.1) is 11.1 Å². The second-order valence-corrected chi connectivity index (χ2v) is 4.94. The van der Waals surface area contributed by atoms with Crippen molar-refractivity contribution in [2.75, 3.05) is 18.1 Å². The summed E-state index contributed by atoms with van der Waals surface area (Å²) in [6.07, 6.45) is 2.59. The zero-order chi connectivity index (χ0) is 13.5. The summed E-state index contributed by atoms with van der Waals surface area (Å²) >= 11 is 1.46. The number of hydrogen-bond donors (Lipinski definition) is 2. The van der Waals surface area contributed by atoms with Crippen LogP contribution in [0.3, 0.4) is 0 Å². The molecule has 2 rings (SSSR count). The molecule has 3 N–H and O–H groups in total. The topological polar surface area (TPSA) is 81.3 Å². The van der Waals surface area contributed by atoms with Crippen LogP contribution in [0, 0.1) is 0 Å². The largest absolute Gasteiger partial charge is 0.491 e. The molecule has 0 aliphatic heterocycles. The van der Waals surface area contributed by atoms with E-state index in [9.17, 15) is 5.11 Å². The summed E-state index contributed by atoms with van der Waals surface area (Å²) in [7, 11) is 0. The van der Waals surface area contributed by atoms with Crippen LogP contribution in [0.4, 0.5) is 5.69 Å². The van der Waals surface area contributed by atoms with E-state index in [4.69, 9.17) is 10.5 Å². The molecule has 0 aliphatic rings. The Labute approximate surface area is 115 Å². The molecule has 6 heteroatoms. The molecule has 1 aromatic carbocycles. The number of benzene rings is 1. The van der Waals surface area contributed by atoms with Crippen molar-refractivity contribution >= 4 is 17.4 Å². The molecule has 2 aromatic rings. The third kappa shape index (κ3) is 4.76. The molecule has 0 radical (unpaired) electrons. The van der Waals surface area contributed by atoms with Gasteiger partial charge in [-0.1, -0.05) is 6.07 Å². The molecule has 0 aliphatic carbocycles. The van der Waals surface area contributed by atoms with Gasteiger partial charge < -0.3 is 15.6 Å². The Bertz CT molecular complexity index is 510. The van der Waals surface area contributed by atoms with Gasteiger partial charge in [-0.3, -0.25) is 0 Å². The minimum absolute atomic E-state index is 0.224. The van der Waals surface area contributed by atoms with Gasteiger partial charge in [0.2, 0.25) is 0 Å². The molecule has 1 atom stereocenters. The molecule has 0 saturated carbocycles. The van der Waals surface area contributed by atoms with Crippen molar-refractivity contribution in [3.8, 4) is 5.75 Å². The Morgan fingerprint density at radius 3 is 3.00 bits per heavy atom. The maximum atomic E-state index is 9.82. The predicted octanol–water partition coefficient (Wildman–Crippen LogP) is 1.59. The third-order valence-corrected chi connectivity index (χ3v) is 3.37. The average Bonchev–Trinajstić information content (AvgIpc) is 2.44. The lowest BCUT2D eigenvalue weighted by atomic mass is 10.3. The Hall–Kier alpha value is -1.79. The van der Waals surface area contributed by atoms with E-state index in [2.05, 4.69) is 9.97 Å². The highest BCUT2D eigenvalue weighted by Crippen LogP contribution is 2.17. The smallest absolute Gasteiger partial charge is 0.121 e. The van der Waals surface area contributed by atoms with Gasteiger partial charge >= 0.3 is 0 Å². The normalized spacial score (nSPS) is 12.1. The first kappa shape index (κ1) is 13.6. The van der Waals surface area contributed by atoms with Gasteiger partial charge in [-0.05, 0) is 18.2 Å². The van der Waals surface area contributed by atoms with Gasteiger partial charge in [0.15, 0.2) is 0 Å². The highest BCUT2D eigenvalue weighted by Gasteiger charge is 2.07. The zero-order valence-electron chi connectivity index (χ0n) is 10.3. The number of aliphatic hydroxyl groups is 1. The summed E-state index contributed by atoms with van der Waals surface area (Å²) in [4.78, 5) is 7.90. The van der Waals surface area contributed by atoms with Crippen LogP contribution < -0.4 is 10.5 Å². The standard InChI is InChI=1S/C13H15N3O2S/c14-10-2-1-3-12(6-10)18-7-11(17)8-19-13-4-5-15-9-16-13/h1-6,9,11,17H,7-8,14H2. The number of anilines is 1. The molecule has 0 saturated heterocycles. The van der Waals surface area contributed by atoms with Crippen molar-refractivity contribution in [3.63, 3.8) is 0 Å². The molecular formula is C13H15N3O2S. The van der Waals surface area contributed by atoms with E-state index in [1.165, 1.54) is 18.1 Å². The zero-order valence-corrected chi connectivity index (χ0v) is 11.1. The molecule has 1 aromatic heterocycles. The van der Waals surface area contributed by atoms with Crippen molar-refractivity contribution in [2.24, 2.45) is 0 Å². The Kier molecular flexibility index (Phi) is 5.00. The van der Waals surface area contributed by atoms with Crippen LogP contribution in [0.1, 0.15) is 0 Å². The molecule has 0 amide bonds. The summed E-state index contributed by atoms with van der Waals surface area (Å²) in [5.74, 6) is 1.17. The second kappa shape index (κ2) is 6.96. The predicted molar refractivity (Wildman–Crippen MR) is 75.1 cm³/mol. The quantitative estimate of drug-likeness (QED) is 0.474. The first-order valence-corrected chi connectivity index (χ1v) is 6.78. The first-order valence-electron chi connectivity index (χ1n) is 5.79. The van der Waals surface area contributed by atoms with Crippen molar-refractivity contribution in [2.45, 2.75) is 11.1 Å². The lowest BCUT2D eigenvalue weighted by Gasteiger charge is -2.12. The maximum absolute atomic E-state index is 9.82. The molecule has 5 nitrogen and oxygen atoms in total. The third-order valence-electron chi connectivity index (χ3n) is 2.28. The number of nitrogens with zero attached hydrogens (tertiary/aromatic N) is 2. The minimum atomic E-state index is -0.568. The van der Waals surface area contributed by atoms with Crippen LogP contribution >= 0.6 is 11.8 Å². The monoisotopic (exact) mass is 277 g/mol. The fraction of sp³-hybridized carbons (Fsp3) is 0.231. The lowest BCUT2D eigenvalue weighted by molar-refractivity contribution is 0.126. The van der Waals surface area contributed by atoms with E-state index < -0.39 is 6.10 Å². The van der Waals surface area contributed by atoms with E-state index in [-0.39, 0.29) is 6.61 Å². The highest BCUT2D eigenvalue weighted by molar-refractivity contribution is 7.99. The number of aromatic nitrogens is 2. The van der Waals surface area contributed by atoms with Crippen LogP contribution in [-0.2, 0) is 0 Å². The molecular weight excluding hydrogens is 262 g/mol. The van der Waals surface area contributed by atoms with Crippen molar-refractivity contribution in [3.05, 3.63) is 42.9 Å². The highest BCUT2D eigenvalue weighted by atomic mass is 32.2. The number of ether oxygens (including phenoxy) is 1. The number of hydrogen-bond acceptors (Lipinski definition) is 6. The van der Waals surface area contributed by atoms with E-state index in [1.807, 2.05) is 6.07 Å². The number of nitrogens with two attached hydrogens (primary N) is 1. The fourth-order valence-electron chi connectivity index (χ4n) is 1.39. The Morgan fingerprint density at radius 1 is 1.37 bits per heavy atom. The summed E-state index contributed by atoms with van der Waals surface area (Å²) < 4.78 is 5.46. The average molecular weight is 277 g/mol. The van der Waals surface area contributed by atoms with E-state index >= 15 is 0 Å². The molecule has 19 heavy (non-hydrogen) atoms. The van der Waals surface area contributed by atoms with Crippen LogP contribution in [0.25, 0.3) is 0 Å². The van der Waals surface area contributed by atoms with Crippen molar-refractivity contribution < 1.29 is 9.84 Å². The Balaban J connectivity index is 1.74.